The van der Waals surface area contributed by atoms with Crippen molar-refractivity contribution in [1.82, 2.24) is 0 Å². The molecule has 3 aliphatic heterocycles. The maximum Gasteiger partial charge on any atom is 0.573 e. The quantitative estimate of drug-likeness (QED) is 0.0385. The molecule has 466 valence electrons. The van der Waals surface area contributed by atoms with E-state index in [2.05, 4.69) is 22.8 Å². The van der Waals surface area contributed by atoms with Gasteiger partial charge in [0, 0.05) is 16.7 Å². The van der Waals surface area contributed by atoms with E-state index in [0.29, 0.717) is 64.3 Å². The molecule has 0 saturated carbocycles. The molecule has 0 fully saturated rings. The van der Waals surface area contributed by atoms with Gasteiger partial charge in [-0.15, -0.1) is 13.2 Å². The Morgan fingerprint density at radius 2 is 0.791 bits per heavy atom. The van der Waals surface area contributed by atoms with Crippen molar-refractivity contribution in [3.8, 4) is 67.9 Å². The highest BCUT2D eigenvalue weighted by Crippen LogP contribution is 2.54. The van der Waals surface area contributed by atoms with Gasteiger partial charge in [-0.25, -0.2) is 4.79 Å². The minimum absolute atomic E-state index is 0.177. The first-order valence-corrected chi connectivity index (χ1v) is 30.4. The van der Waals surface area contributed by atoms with Crippen LogP contribution >= 0.6 is 0 Å². The van der Waals surface area contributed by atoms with Crippen molar-refractivity contribution in [2.24, 2.45) is 0 Å². The van der Waals surface area contributed by atoms with E-state index in [1.165, 1.54) is 18.2 Å². The summed E-state index contributed by atoms with van der Waals surface area (Å²) in [6.45, 7) is 23.3. The Morgan fingerprint density at radius 1 is 0.477 bits per heavy atom. The maximum absolute atomic E-state index is 14.0. The minimum atomic E-state index is -5.82. The van der Waals surface area contributed by atoms with Gasteiger partial charge in [0.1, 0.15) is 45.6 Å². The third-order valence-electron chi connectivity index (χ3n) is 15.2. The standard InChI is InChI=1S/C23H26F2O4.C22H25F3O4S.C22H25F3O2/c1-5-6-7-8-15-12-18-20(19(13-15)29-23(24,25)21(26)27)16-11-14(2)9-10-17(16)22(3,4)28-18;1-5-6-7-8-15-12-18-20(19(13-15)29-30(26,27)22(23,24)25)16-11-14(2)9-10-17(16)21(3,4)28-18;1-5-6-7-8-15-12-18-20(19(13-15)27-22(23,24)25)16-11-14(2)9-10-17(16)21(3,4)26-18/h9-13H,5-8H2,1-4H3,(H,26,27);9-13H,5-8H2,1-4H3;9-13H,5-8H2,1-4H3. The summed E-state index contributed by atoms with van der Waals surface area (Å²) in [5, 5.41) is 8.87. The molecule has 10 nitrogen and oxygen atoms in total. The van der Waals surface area contributed by atoms with Crippen LogP contribution in [0.25, 0.3) is 33.4 Å². The molecule has 6 aromatic rings. The molecule has 1 N–H and O–H groups in total. The van der Waals surface area contributed by atoms with Crippen LogP contribution in [0.1, 0.15) is 170 Å². The zero-order chi connectivity index (χ0) is 63.5. The molecule has 0 unspecified atom stereocenters. The third-order valence-corrected chi connectivity index (χ3v) is 16.1. The molecule has 0 atom stereocenters. The summed E-state index contributed by atoms with van der Waals surface area (Å²) in [6, 6.07) is 26.9. The van der Waals surface area contributed by atoms with Gasteiger partial charge in [-0.3, -0.25) is 0 Å². The number of carbonyl (C=O) groups is 1. The first-order valence-electron chi connectivity index (χ1n) is 29.0. The van der Waals surface area contributed by atoms with Gasteiger partial charge in [-0.05, 0) is 171 Å². The maximum atomic E-state index is 14.0. The molecule has 0 aliphatic carbocycles. The van der Waals surface area contributed by atoms with Crippen molar-refractivity contribution in [3.05, 3.63) is 141 Å². The first kappa shape index (κ1) is 66.5. The second-order valence-electron chi connectivity index (χ2n) is 23.7. The lowest BCUT2D eigenvalue weighted by atomic mass is 9.84. The smallest absolute Gasteiger partial charge is 0.482 e. The van der Waals surface area contributed by atoms with Crippen LogP contribution < -0.4 is 27.9 Å². The van der Waals surface area contributed by atoms with Crippen molar-refractivity contribution >= 4 is 16.1 Å². The molecule has 3 aliphatic rings. The predicted molar refractivity (Wildman–Crippen MR) is 316 cm³/mol. The zero-order valence-corrected chi connectivity index (χ0v) is 51.5. The van der Waals surface area contributed by atoms with Crippen LogP contribution in [0.4, 0.5) is 35.1 Å². The van der Waals surface area contributed by atoms with Crippen molar-refractivity contribution in [1.29, 1.82) is 0 Å². The normalized spacial score (nSPS) is 14.9. The van der Waals surface area contributed by atoms with E-state index < -0.39 is 50.9 Å². The van der Waals surface area contributed by atoms with Gasteiger partial charge in [0.05, 0.1) is 16.7 Å². The molecule has 3 heterocycles. The number of rotatable bonds is 18. The Labute approximate surface area is 499 Å². The highest BCUT2D eigenvalue weighted by molar-refractivity contribution is 7.88. The number of alkyl halides is 8. The molecule has 86 heavy (non-hydrogen) atoms. The number of fused-ring (bicyclic) bond motifs is 9. The molecule has 0 aromatic heterocycles. The summed E-state index contributed by atoms with van der Waals surface area (Å²) in [5.41, 5.74) is 2.95. The van der Waals surface area contributed by atoms with Crippen LogP contribution in [0.3, 0.4) is 0 Å². The van der Waals surface area contributed by atoms with Gasteiger partial charge in [0.2, 0.25) is 0 Å². The molecule has 0 bridgehead atoms. The van der Waals surface area contributed by atoms with Gasteiger partial charge >= 0.3 is 34.1 Å². The number of aliphatic carboxylic acids is 1. The summed E-state index contributed by atoms with van der Waals surface area (Å²) in [6.07, 6.45) is 1.51. The zero-order valence-electron chi connectivity index (χ0n) is 50.7. The number of hydrogen-bond donors (Lipinski definition) is 1. The molecule has 0 amide bonds. The average molecular weight is 1230 g/mol. The van der Waals surface area contributed by atoms with Crippen molar-refractivity contribution in [2.45, 2.75) is 195 Å². The van der Waals surface area contributed by atoms with E-state index in [9.17, 15) is 48.3 Å². The van der Waals surface area contributed by atoms with Gasteiger partial charge in [-0.1, -0.05) is 131 Å². The SMILES string of the molecule is CCCCCc1cc(OC(F)(F)C(=O)O)c2c(c1)OC(C)(C)c1ccc(C)cc1-2.CCCCCc1cc(OC(F)(F)F)c2c(c1)OC(C)(C)c1ccc(C)cc1-2.CCCCCc1cc2c(c(OS(=O)(=O)C(F)(F)F)c1)-c1cc(C)ccc1C(C)(C)O2. The van der Waals surface area contributed by atoms with Gasteiger partial charge in [0.25, 0.3) is 0 Å². The fourth-order valence-electron chi connectivity index (χ4n) is 11.0. The Bertz CT molecular complexity index is 3570. The molecule has 0 spiro atoms. The van der Waals surface area contributed by atoms with Crippen LogP contribution in [0.2, 0.25) is 0 Å². The highest BCUT2D eigenvalue weighted by atomic mass is 32.2. The van der Waals surface area contributed by atoms with Crippen LogP contribution in [0.15, 0.2) is 91.0 Å². The second kappa shape index (κ2) is 25.7. The fourth-order valence-corrected chi connectivity index (χ4v) is 11.5. The van der Waals surface area contributed by atoms with Crippen molar-refractivity contribution in [2.75, 3.05) is 0 Å². The highest BCUT2D eigenvalue weighted by Gasteiger charge is 2.50. The number of hydrogen-bond acceptors (Lipinski definition) is 9. The molecule has 0 radical (unpaired) electrons. The molecular weight excluding hydrogens is 1150 g/mol. The van der Waals surface area contributed by atoms with Crippen LogP contribution in [0, 0.1) is 20.8 Å². The summed E-state index contributed by atoms with van der Waals surface area (Å²) in [5.74, 6) is -1.86. The van der Waals surface area contributed by atoms with Crippen molar-refractivity contribution in [3.63, 3.8) is 0 Å². The van der Waals surface area contributed by atoms with Crippen LogP contribution in [-0.4, -0.2) is 37.5 Å². The minimum Gasteiger partial charge on any atom is -0.482 e. The Kier molecular flexibility index (Phi) is 19.9. The Hall–Kier alpha value is -7.02. The lowest BCUT2D eigenvalue weighted by molar-refractivity contribution is -0.274. The van der Waals surface area contributed by atoms with E-state index in [1.54, 1.807) is 6.07 Å². The number of ether oxygens (including phenoxy) is 5. The largest absolute Gasteiger partial charge is 0.573 e. The topological polar surface area (TPSA) is 127 Å². The Morgan fingerprint density at radius 3 is 1.09 bits per heavy atom. The van der Waals surface area contributed by atoms with Crippen LogP contribution in [-0.2, 0) is 51.0 Å². The van der Waals surface area contributed by atoms with Gasteiger partial charge in [-0.2, -0.15) is 30.4 Å². The van der Waals surface area contributed by atoms with Crippen LogP contribution in [0.5, 0.6) is 34.5 Å². The summed E-state index contributed by atoms with van der Waals surface area (Å²) >= 11 is 0. The number of aryl methyl sites for hydroxylation is 6. The Balaban J connectivity index is 0.000000185. The fraction of sp³-hybridized carbons (Fsp3) is 0.448. The van der Waals surface area contributed by atoms with Gasteiger partial charge in [0.15, 0.2) is 5.75 Å². The van der Waals surface area contributed by atoms with E-state index in [0.717, 1.165) is 108 Å². The number of benzene rings is 6. The predicted octanol–water partition coefficient (Wildman–Crippen LogP) is 19.2. The van der Waals surface area contributed by atoms with E-state index in [-0.39, 0.29) is 22.8 Å². The summed E-state index contributed by atoms with van der Waals surface area (Å²) in [7, 11) is -5.82. The first-order chi connectivity index (χ1) is 40.0. The number of carboxylic acids is 1. The van der Waals surface area contributed by atoms with E-state index in [4.69, 9.17) is 24.1 Å². The number of carboxylic acid groups (broad SMARTS) is 1. The average Bonchev–Trinajstić information content (AvgIpc) is 0.780. The summed E-state index contributed by atoms with van der Waals surface area (Å²) in [4.78, 5) is 11.0. The van der Waals surface area contributed by atoms with E-state index >= 15 is 0 Å². The lowest BCUT2D eigenvalue weighted by Crippen LogP contribution is -2.35. The second-order valence-corrected chi connectivity index (χ2v) is 25.2. The number of unbranched alkanes of at least 4 members (excludes halogenated alkanes) is 6. The molecule has 19 heteroatoms. The lowest BCUT2D eigenvalue weighted by Gasteiger charge is -2.36. The molecule has 6 aromatic carbocycles. The summed E-state index contributed by atoms with van der Waals surface area (Å²) < 4.78 is 162. The molecule has 0 saturated heterocycles. The molecular formula is C67H76F8O10S. The van der Waals surface area contributed by atoms with Crippen molar-refractivity contribution < 1.29 is 81.3 Å². The number of halogens is 8. The molecule has 9 rings (SSSR count). The van der Waals surface area contributed by atoms with Gasteiger partial charge < -0.3 is 33.0 Å². The van der Waals surface area contributed by atoms with E-state index in [1.807, 2.05) is 136 Å². The third kappa shape index (κ3) is 15.4. The monoisotopic (exact) mass is 1220 g/mol.